The highest BCUT2D eigenvalue weighted by atomic mass is 19.2. The molecule has 1 aromatic carbocycles. The molecule has 0 unspecified atom stereocenters. The Morgan fingerprint density at radius 1 is 1.00 bits per heavy atom. The van der Waals surface area contributed by atoms with Gasteiger partial charge in [-0.2, -0.15) is 10.1 Å². The molecule has 0 atom stereocenters. The number of halogens is 3. The van der Waals surface area contributed by atoms with Gasteiger partial charge in [0.25, 0.3) is 5.78 Å². The third-order valence-corrected chi connectivity index (χ3v) is 2.45. The Hall–Kier alpha value is -2.44. The zero-order chi connectivity index (χ0) is 12.7. The van der Waals surface area contributed by atoms with Gasteiger partial charge in [0.05, 0.1) is 11.3 Å². The smallest absolute Gasteiger partial charge is 0.211 e. The van der Waals surface area contributed by atoms with Gasteiger partial charge in [-0.3, -0.25) is 0 Å². The van der Waals surface area contributed by atoms with Crippen LogP contribution in [-0.4, -0.2) is 19.6 Å². The van der Waals surface area contributed by atoms with Gasteiger partial charge in [-0.25, -0.2) is 22.7 Å². The van der Waals surface area contributed by atoms with E-state index in [2.05, 4.69) is 15.1 Å². The predicted octanol–water partition coefficient (Wildman–Crippen LogP) is 2.21. The van der Waals surface area contributed by atoms with Crippen molar-refractivity contribution < 1.29 is 13.2 Å². The van der Waals surface area contributed by atoms with Crippen LogP contribution in [-0.2, 0) is 0 Å². The first-order valence-corrected chi connectivity index (χ1v) is 4.97. The largest absolute Gasteiger partial charge is 0.252 e. The van der Waals surface area contributed by atoms with E-state index >= 15 is 0 Å². The van der Waals surface area contributed by atoms with E-state index in [1.54, 1.807) is 0 Å². The predicted molar refractivity (Wildman–Crippen MR) is 56.1 cm³/mol. The van der Waals surface area contributed by atoms with Crippen molar-refractivity contribution in [2.75, 3.05) is 0 Å². The van der Waals surface area contributed by atoms with Crippen molar-refractivity contribution in [3.8, 4) is 11.3 Å². The molecular formula is C11H5F3N4. The number of nitrogens with zero attached hydrogens (tertiary/aromatic N) is 4. The van der Waals surface area contributed by atoms with E-state index in [0.29, 0.717) is 0 Å². The second kappa shape index (κ2) is 3.80. The molecule has 2 heterocycles. The topological polar surface area (TPSA) is 43.1 Å². The third-order valence-electron chi connectivity index (χ3n) is 2.45. The molecule has 0 spiro atoms. The Bertz CT molecular complexity index is 738. The van der Waals surface area contributed by atoms with Gasteiger partial charge in [-0.1, -0.05) is 0 Å². The molecular weight excluding hydrogens is 245 g/mol. The zero-order valence-electron chi connectivity index (χ0n) is 8.81. The van der Waals surface area contributed by atoms with Gasteiger partial charge < -0.3 is 0 Å². The molecule has 0 N–H and O–H groups in total. The van der Waals surface area contributed by atoms with Crippen LogP contribution in [0.15, 0.2) is 30.7 Å². The van der Waals surface area contributed by atoms with Crippen LogP contribution in [0.1, 0.15) is 0 Å². The second-order valence-electron chi connectivity index (χ2n) is 3.54. The Morgan fingerprint density at radius 3 is 2.61 bits per heavy atom. The van der Waals surface area contributed by atoms with Crippen molar-refractivity contribution in [3.63, 3.8) is 0 Å². The van der Waals surface area contributed by atoms with Crippen LogP contribution in [0.5, 0.6) is 0 Å². The van der Waals surface area contributed by atoms with E-state index in [1.165, 1.54) is 23.1 Å². The Balaban J connectivity index is 2.28. The molecule has 90 valence electrons. The number of benzene rings is 1. The maximum Gasteiger partial charge on any atom is 0.252 e. The number of fused-ring (bicyclic) bond motifs is 1. The summed E-state index contributed by atoms with van der Waals surface area (Å²) in [7, 11) is 0. The van der Waals surface area contributed by atoms with Gasteiger partial charge in [0, 0.05) is 6.20 Å². The summed E-state index contributed by atoms with van der Waals surface area (Å²) in [5.41, 5.74) is -0.550. The van der Waals surface area contributed by atoms with Crippen LogP contribution >= 0.6 is 0 Å². The van der Waals surface area contributed by atoms with Crippen molar-refractivity contribution in [1.82, 2.24) is 19.6 Å². The molecule has 0 aliphatic rings. The van der Waals surface area contributed by atoms with Crippen LogP contribution in [0.2, 0.25) is 0 Å². The summed E-state index contributed by atoms with van der Waals surface area (Å²) in [4.78, 5) is 7.70. The van der Waals surface area contributed by atoms with Crippen LogP contribution in [0, 0.1) is 17.5 Å². The number of aromatic nitrogens is 4. The molecule has 2 aromatic heterocycles. The fourth-order valence-electron chi connectivity index (χ4n) is 1.62. The lowest BCUT2D eigenvalue weighted by Crippen LogP contribution is -1.98. The Labute approximate surface area is 98.7 Å². The van der Waals surface area contributed by atoms with Gasteiger partial charge >= 0.3 is 0 Å². The van der Waals surface area contributed by atoms with Crippen molar-refractivity contribution in [1.29, 1.82) is 0 Å². The van der Waals surface area contributed by atoms with Crippen molar-refractivity contribution >= 4 is 5.78 Å². The lowest BCUT2D eigenvalue weighted by Gasteiger charge is -2.04. The maximum atomic E-state index is 13.6. The van der Waals surface area contributed by atoms with E-state index in [1.807, 2.05) is 0 Å². The molecule has 3 aromatic rings. The lowest BCUT2D eigenvalue weighted by atomic mass is 10.1. The molecule has 0 fully saturated rings. The summed E-state index contributed by atoms with van der Waals surface area (Å²) in [6.45, 7) is 0. The SMILES string of the molecule is Fc1ccc(F)c(-c2ccn3ncnc3n2)c1F. The van der Waals surface area contributed by atoms with Crippen LogP contribution in [0.3, 0.4) is 0 Å². The fraction of sp³-hybridized carbons (Fsp3) is 0. The van der Waals surface area contributed by atoms with E-state index < -0.39 is 23.0 Å². The summed E-state index contributed by atoms with van der Waals surface area (Å²) in [6, 6.07) is 2.91. The highest BCUT2D eigenvalue weighted by Crippen LogP contribution is 2.26. The van der Waals surface area contributed by atoms with Gasteiger partial charge in [-0.05, 0) is 18.2 Å². The molecule has 0 saturated heterocycles. The first-order chi connectivity index (χ1) is 8.66. The van der Waals surface area contributed by atoms with E-state index in [-0.39, 0.29) is 11.5 Å². The number of hydrogen-bond acceptors (Lipinski definition) is 3. The third kappa shape index (κ3) is 1.52. The van der Waals surface area contributed by atoms with Crippen LogP contribution in [0.4, 0.5) is 13.2 Å². The zero-order valence-corrected chi connectivity index (χ0v) is 8.81. The fourth-order valence-corrected chi connectivity index (χ4v) is 1.62. The number of rotatable bonds is 1. The first-order valence-electron chi connectivity index (χ1n) is 4.97. The molecule has 4 nitrogen and oxygen atoms in total. The Kier molecular flexibility index (Phi) is 2.26. The minimum Gasteiger partial charge on any atom is -0.211 e. The van der Waals surface area contributed by atoms with Gasteiger partial charge in [0.1, 0.15) is 12.1 Å². The van der Waals surface area contributed by atoms with Gasteiger partial charge in [-0.15, -0.1) is 0 Å². The van der Waals surface area contributed by atoms with Crippen molar-refractivity contribution in [2.24, 2.45) is 0 Å². The van der Waals surface area contributed by atoms with Crippen LogP contribution in [0.25, 0.3) is 17.0 Å². The normalized spacial score (nSPS) is 11.1. The quantitative estimate of drug-likeness (QED) is 0.622. The van der Waals surface area contributed by atoms with Crippen LogP contribution < -0.4 is 0 Å². The van der Waals surface area contributed by atoms with E-state index in [9.17, 15) is 13.2 Å². The van der Waals surface area contributed by atoms with Crippen molar-refractivity contribution in [3.05, 3.63) is 48.2 Å². The molecule has 0 bridgehead atoms. The average molecular weight is 250 g/mol. The lowest BCUT2D eigenvalue weighted by molar-refractivity contribution is 0.498. The summed E-state index contributed by atoms with van der Waals surface area (Å²) in [5, 5.41) is 3.80. The van der Waals surface area contributed by atoms with E-state index in [4.69, 9.17) is 0 Å². The maximum absolute atomic E-state index is 13.6. The second-order valence-corrected chi connectivity index (χ2v) is 3.54. The van der Waals surface area contributed by atoms with Crippen molar-refractivity contribution in [2.45, 2.75) is 0 Å². The summed E-state index contributed by atoms with van der Waals surface area (Å²) >= 11 is 0. The minimum atomic E-state index is -1.27. The molecule has 0 saturated carbocycles. The van der Waals surface area contributed by atoms with E-state index in [0.717, 1.165) is 12.1 Å². The standard InChI is InChI=1S/C11H5F3N4/c12-6-1-2-7(13)10(14)9(6)8-3-4-18-11(17-8)15-5-16-18/h1-5H. The number of hydrogen-bond donors (Lipinski definition) is 0. The molecule has 0 aliphatic carbocycles. The Morgan fingerprint density at radius 2 is 1.78 bits per heavy atom. The molecule has 3 rings (SSSR count). The minimum absolute atomic E-state index is 0.0370. The molecule has 18 heavy (non-hydrogen) atoms. The average Bonchev–Trinajstić information content (AvgIpc) is 2.82. The monoisotopic (exact) mass is 250 g/mol. The molecule has 7 heteroatoms. The highest BCUT2D eigenvalue weighted by molar-refractivity contribution is 5.62. The molecule has 0 radical (unpaired) electrons. The summed E-state index contributed by atoms with van der Waals surface area (Å²) < 4.78 is 41.6. The summed E-state index contributed by atoms with van der Waals surface area (Å²) in [6.07, 6.45) is 2.69. The molecule has 0 aliphatic heterocycles. The van der Waals surface area contributed by atoms with Gasteiger partial charge in [0.2, 0.25) is 0 Å². The first kappa shape index (κ1) is 10.7. The molecule has 0 amide bonds. The summed E-state index contributed by atoms with van der Waals surface area (Å²) in [5.74, 6) is -3.11. The van der Waals surface area contributed by atoms with Gasteiger partial charge in [0.15, 0.2) is 11.6 Å². The highest BCUT2D eigenvalue weighted by Gasteiger charge is 2.17.